The van der Waals surface area contributed by atoms with Gasteiger partial charge in [-0.05, 0) is 55.0 Å². The van der Waals surface area contributed by atoms with Gasteiger partial charge in [0.2, 0.25) is 8.32 Å². The molecule has 2 aromatic carbocycles. The van der Waals surface area contributed by atoms with E-state index in [1.165, 1.54) is 12.1 Å². The summed E-state index contributed by atoms with van der Waals surface area (Å²) >= 11 is 0. The van der Waals surface area contributed by atoms with Gasteiger partial charge in [0.25, 0.3) is 0 Å². The van der Waals surface area contributed by atoms with Gasteiger partial charge in [0.15, 0.2) is 0 Å². The van der Waals surface area contributed by atoms with Crippen molar-refractivity contribution in [2.24, 2.45) is 0 Å². The minimum Gasteiger partial charge on any atom is -0.544 e. The average molecular weight is 497 g/mol. The van der Waals surface area contributed by atoms with Gasteiger partial charge in [-0.3, -0.25) is 4.90 Å². The van der Waals surface area contributed by atoms with Gasteiger partial charge in [0, 0.05) is 26.2 Å². The van der Waals surface area contributed by atoms with Crippen molar-refractivity contribution in [3.05, 3.63) is 59.7 Å². The monoisotopic (exact) mass is 496 g/mol. The molecule has 1 aliphatic heterocycles. The maximum absolute atomic E-state index is 12.5. The molecule has 0 bridgehead atoms. The summed E-state index contributed by atoms with van der Waals surface area (Å²) in [6.07, 6.45) is -4.69. The van der Waals surface area contributed by atoms with Crippen LogP contribution in [0.4, 0.5) is 13.2 Å². The summed E-state index contributed by atoms with van der Waals surface area (Å²) in [6, 6.07) is 14.2. The summed E-state index contributed by atoms with van der Waals surface area (Å²) in [4.78, 5) is 2.34. The van der Waals surface area contributed by atoms with Crippen LogP contribution in [0.15, 0.2) is 48.5 Å². The zero-order chi connectivity index (χ0) is 21.1. The van der Waals surface area contributed by atoms with Gasteiger partial charge in [0.05, 0.1) is 6.04 Å². The molecule has 0 saturated carbocycles. The first-order valence-electron chi connectivity index (χ1n) is 9.70. The molecule has 1 heterocycles. The highest BCUT2D eigenvalue weighted by Gasteiger charge is 2.31. The van der Waals surface area contributed by atoms with Crippen LogP contribution >= 0.6 is 24.8 Å². The number of halogens is 5. The maximum Gasteiger partial charge on any atom is 0.573 e. The second-order valence-corrected chi connectivity index (χ2v) is 12.5. The molecule has 0 aromatic heterocycles. The second kappa shape index (κ2) is 11.4. The molecule has 10 heteroatoms. The zero-order valence-electron chi connectivity index (χ0n) is 17.7. The summed E-state index contributed by atoms with van der Waals surface area (Å²) in [5, 5.41) is 3.34. The number of hydrogen-bond acceptors (Lipinski definition) is 4. The molecule has 3 rings (SSSR count). The minimum absolute atomic E-state index is 0. The molecule has 0 amide bonds. The van der Waals surface area contributed by atoms with E-state index in [0.29, 0.717) is 0 Å². The lowest BCUT2D eigenvalue weighted by atomic mass is 9.96. The lowest BCUT2D eigenvalue weighted by Crippen LogP contribution is -2.45. The third kappa shape index (κ3) is 8.54. The maximum atomic E-state index is 12.5. The van der Waals surface area contributed by atoms with Crippen LogP contribution in [0.2, 0.25) is 19.6 Å². The summed E-state index contributed by atoms with van der Waals surface area (Å²) in [5.74, 6) is 0.639. The van der Waals surface area contributed by atoms with Crippen LogP contribution in [0.3, 0.4) is 0 Å². The number of piperazine rings is 1. The topological polar surface area (TPSA) is 33.7 Å². The van der Waals surface area contributed by atoms with E-state index in [-0.39, 0.29) is 36.6 Å². The van der Waals surface area contributed by atoms with Crippen LogP contribution < -0.4 is 14.5 Å². The van der Waals surface area contributed by atoms with E-state index < -0.39 is 14.7 Å². The molecule has 0 aliphatic carbocycles. The lowest BCUT2D eigenvalue weighted by Gasteiger charge is -2.35. The van der Waals surface area contributed by atoms with Crippen LogP contribution in [-0.4, -0.2) is 45.8 Å². The molecule has 1 saturated heterocycles. The fourth-order valence-corrected chi connectivity index (χ4v) is 4.32. The van der Waals surface area contributed by atoms with Gasteiger partial charge in [-0.25, -0.2) is 0 Å². The quantitative estimate of drug-likeness (QED) is 0.524. The Kier molecular flexibility index (Phi) is 10.2. The van der Waals surface area contributed by atoms with E-state index in [9.17, 15) is 13.2 Å². The van der Waals surface area contributed by atoms with Gasteiger partial charge < -0.3 is 14.5 Å². The number of nitrogens with one attached hydrogen (secondary N) is 1. The molecule has 0 radical (unpaired) electrons. The first-order chi connectivity index (χ1) is 13.6. The Bertz CT molecular complexity index is 735. The Balaban J connectivity index is 0.00000240. The third-order valence-electron chi connectivity index (χ3n) is 4.57. The highest BCUT2D eigenvalue weighted by molar-refractivity contribution is 6.70. The lowest BCUT2D eigenvalue weighted by molar-refractivity contribution is -0.274. The molecule has 1 atom stereocenters. The highest BCUT2D eigenvalue weighted by atomic mass is 35.5. The summed E-state index contributed by atoms with van der Waals surface area (Å²) in [7, 11) is -1.69. The summed E-state index contributed by atoms with van der Waals surface area (Å²) in [5.41, 5.74) is 2.01. The van der Waals surface area contributed by atoms with Gasteiger partial charge in [-0.1, -0.05) is 24.3 Å². The van der Waals surface area contributed by atoms with Crippen LogP contribution in [0.1, 0.15) is 17.2 Å². The molecule has 2 aromatic rings. The Morgan fingerprint density at radius 3 is 1.71 bits per heavy atom. The van der Waals surface area contributed by atoms with Crippen LogP contribution in [0.25, 0.3) is 0 Å². The van der Waals surface area contributed by atoms with Crippen molar-refractivity contribution in [3.8, 4) is 11.5 Å². The van der Waals surface area contributed by atoms with E-state index >= 15 is 0 Å². The number of ether oxygens (including phenoxy) is 1. The average Bonchev–Trinajstić information content (AvgIpc) is 2.63. The Hall–Kier alpha value is -1.45. The molecule has 4 nitrogen and oxygen atoms in total. The summed E-state index contributed by atoms with van der Waals surface area (Å²) < 4.78 is 47.5. The van der Waals surface area contributed by atoms with Gasteiger partial charge >= 0.3 is 6.36 Å². The minimum atomic E-state index is -4.69. The molecule has 0 spiro atoms. The Morgan fingerprint density at radius 2 is 1.29 bits per heavy atom. The standard InChI is InChI=1S/C21H27F3N2O2Si.2ClH/c1-29(2,3)28-19-10-6-17(7-11-19)20(26-14-12-25-13-15-26)16-4-8-18(9-5-16)27-21(22,23)24;;/h4-11,20,25H,12-15H2,1-3H3;2*1H/t20-;;/m1../s1. The molecule has 174 valence electrons. The van der Waals surface area contributed by atoms with Gasteiger partial charge in [-0.2, -0.15) is 0 Å². The van der Waals surface area contributed by atoms with Gasteiger partial charge in [-0.15, -0.1) is 38.0 Å². The van der Waals surface area contributed by atoms with E-state index in [2.05, 4.69) is 34.6 Å². The van der Waals surface area contributed by atoms with E-state index in [1.54, 1.807) is 12.1 Å². The van der Waals surface area contributed by atoms with Crippen molar-refractivity contribution in [1.29, 1.82) is 0 Å². The molecule has 0 unspecified atom stereocenters. The molecule has 31 heavy (non-hydrogen) atoms. The van der Waals surface area contributed by atoms with Crippen molar-refractivity contribution in [2.45, 2.75) is 32.0 Å². The van der Waals surface area contributed by atoms with Crippen LogP contribution in [0.5, 0.6) is 11.5 Å². The van der Waals surface area contributed by atoms with Gasteiger partial charge in [0.1, 0.15) is 11.5 Å². The molecule has 1 aliphatic rings. The normalized spacial score (nSPS) is 15.9. The van der Waals surface area contributed by atoms with Crippen LogP contribution in [-0.2, 0) is 0 Å². The van der Waals surface area contributed by atoms with E-state index in [0.717, 1.165) is 43.1 Å². The fraction of sp³-hybridized carbons (Fsp3) is 0.429. The smallest absolute Gasteiger partial charge is 0.544 e. The highest BCUT2D eigenvalue weighted by Crippen LogP contribution is 2.32. The third-order valence-corrected chi connectivity index (χ3v) is 5.41. The first-order valence-corrected chi connectivity index (χ1v) is 13.1. The molecular weight excluding hydrogens is 468 g/mol. The molecular formula is C21H29Cl2F3N2O2Si. The van der Waals surface area contributed by atoms with Crippen molar-refractivity contribution < 1.29 is 22.3 Å². The van der Waals surface area contributed by atoms with Crippen molar-refractivity contribution in [3.63, 3.8) is 0 Å². The van der Waals surface area contributed by atoms with Crippen molar-refractivity contribution >= 4 is 33.1 Å². The number of hydrogen-bond donors (Lipinski definition) is 1. The predicted octanol–water partition coefficient (Wildman–Crippen LogP) is 5.64. The second-order valence-electron chi connectivity index (χ2n) is 8.09. The largest absolute Gasteiger partial charge is 0.573 e. The van der Waals surface area contributed by atoms with Crippen molar-refractivity contribution in [2.75, 3.05) is 26.2 Å². The number of rotatable bonds is 6. The van der Waals surface area contributed by atoms with Crippen molar-refractivity contribution in [1.82, 2.24) is 10.2 Å². The Labute approximate surface area is 195 Å². The van der Waals surface area contributed by atoms with E-state index in [1.807, 2.05) is 24.3 Å². The first kappa shape index (κ1) is 27.6. The fourth-order valence-electron chi connectivity index (χ4n) is 3.48. The number of nitrogens with zero attached hydrogens (tertiary/aromatic N) is 1. The number of alkyl halides is 3. The SMILES string of the molecule is C[Si](C)(C)Oc1ccc([C@@H](c2ccc(OC(F)(F)F)cc2)N2CCNCC2)cc1.Cl.Cl. The summed E-state index contributed by atoms with van der Waals surface area (Å²) in [6.45, 7) is 9.88. The van der Waals surface area contributed by atoms with E-state index in [4.69, 9.17) is 4.43 Å². The zero-order valence-corrected chi connectivity index (χ0v) is 20.4. The number of benzene rings is 2. The van der Waals surface area contributed by atoms with Crippen LogP contribution in [0, 0.1) is 0 Å². The molecule has 1 fully saturated rings. The molecule has 1 N–H and O–H groups in total. The Morgan fingerprint density at radius 1 is 0.839 bits per heavy atom. The predicted molar refractivity (Wildman–Crippen MR) is 124 cm³/mol.